The van der Waals surface area contributed by atoms with Gasteiger partial charge in [-0.15, -0.1) is 0 Å². The van der Waals surface area contributed by atoms with E-state index in [1.807, 2.05) is 0 Å². The van der Waals surface area contributed by atoms with Gasteiger partial charge in [-0.3, -0.25) is 9.69 Å². The van der Waals surface area contributed by atoms with E-state index in [0.29, 0.717) is 12.1 Å². The molecule has 3 fully saturated rings. The normalized spacial score (nSPS) is 33.4. The van der Waals surface area contributed by atoms with Crippen LogP contribution in [0.5, 0.6) is 0 Å². The number of rotatable bonds is 3. The standard InChI is InChI=1S/C16H28N2O/c1-13(19)18-11-5-9-16(18)15-8-4-10-17(15)12-14-6-2-3-7-14/h14-16H,2-12H2,1H3/t15-,16+/m0/s1. The summed E-state index contributed by atoms with van der Waals surface area (Å²) in [5.41, 5.74) is 0. The van der Waals surface area contributed by atoms with Crippen LogP contribution in [-0.4, -0.2) is 47.4 Å². The lowest BCUT2D eigenvalue weighted by Gasteiger charge is -2.35. The molecular formula is C16H28N2O. The van der Waals surface area contributed by atoms with E-state index in [1.54, 1.807) is 6.92 Å². The Morgan fingerprint density at radius 3 is 2.37 bits per heavy atom. The molecule has 2 atom stereocenters. The fourth-order valence-corrected chi connectivity index (χ4v) is 4.62. The third-order valence-corrected chi connectivity index (χ3v) is 5.53. The van der Waals surface area contributed by atoms with Gasteiger partial charge in [0, 0.05) is 32.1 Å². The largest absolute Gasteiger partial charge is 0.338 e. The summed E-state index contributed by atoms with van der Waals surface area (Å²) in [5, 5.41) is 0. The van der Waals surface area contributed by atoms with E-state index in [4.69, 9.17) is 0 Å². The predicted molar refractivity (Wildman–Crippen MR) is 77.0 cm³/mol. The van der Waals surface area contributed by atoms with Crippen molar-refractivity contribution >= 4 is 5.91 Å². The van der Waals surface area contributed by atoms with Gasteiger partial charge in [0.1, 0.15) is 0 Å². The molecule has 1 saturated carbocycles. The van der Waals surface area contributed by atoms with E-state index in [1.165, 1.54) is 64.5 Å². The Kier molecular flexibility index (Phi) is 4.11. The highest BCUT2D eigenvalue weighted by Crippen LogP contribution is 2.33. The zero-order valence-electron chi connectivity index (χ0n) is 12.3. The molecular weight excluding hydrogens is 236 g/mol. The van der Waals surface area contributed by atoms with Gasteiger partial charge in [0.2, 0.25) is 5.91 Å². The Labute approximate surface area is 117 Å². The highest BCUT2D eigenvalue weighted by molar-refractivity contribution is 5.74. The van der Waals surface area contributed by atoms with Crippen molar-refractivity contribution in [2.24, 2.45) is 5.92 Å². The van der Waals surface area contributed by atoms with E-state index >= 15 is 0 Å². The summed E-state index contributed by atoms with van der Waals surface area (Å²) in [6.45, 7) is 5.30. The monoisotopic (exact) mass is 264 g/mol. The molecule has 1 amide bonds. The van der Waals surface area contributed by atoms with Crippen LogP contribution in [0.2, 0.25) is 0 Å². The van der Waals surface area contributed by atoms with Crippen molar-refractivity contribution in [2.45, 2.75) is 70.4 Å². The molecule has 108 valence electrons. The van der Waals surface area contributed by atoms with Crippen molar-refractivity contribution in [3.05, 3.63) is 0 Å². The van der Waals surface area contributed by atoms with Crippen LogP contribution >= 0.6 is 0 Å². The SMILES string of the molecule is CC(=O)N1CCC[C@@H]1[C@@H]1CCCN1CC1CCCC1. The van der Waals surface area contributed by atoms with Crippen LogP contribution in [0.4, 0.5) is 0 Å². The van der Waals surface area contributed by atoms with Gasteiger partial charge in [-0.2, -0.15) is 0 Å². The first-order chi connectivity index (χ1) is 9.25. The molecule has 2 aliphatic heterocycles. The first kappa shape index (κ1) is 13.4. The summed E-state index contributed by atoms with van der Waals surface area (Å²) >= 11 is 0. The molecule has 0 radical (unpaired) electrons. The Morgan fingerprint density at radius 2 is 1.63 bits per heavy atom. The summed E-state index contributed by atoms with van der Waals surface area (Å²) in [5.74, 6) is 1.22. The molecule has 19 heavy (non-hydrogen) atoms. The lowest BCUT2D eigenvalue weighted by Crippen LogP contribution is -2.48. The minimum atomic E-state index is 0.287. The van der Waals surface area contributed by atoms with E-state index in [-0.39, 0.29) is 5.91 Å². The molecule has 0 spiro atoms. The molecule has 0 bridgehead atoms. The number of carbonyl (C=O) groups is 1. The van der Waals surface area contributed by atoms with Gasteiger partial charge < -0.3 is 4.90 Å². The van der Waals surface area contributed by atoms with Gasteiger partial charge in [-0.05, 0) is 51.0 Å². The van der Waals surface area contributed by atoms with Crippen LogP contribution in [0, 0.1) is 5.92 Å². The fourth-order valence-electron chi connectivity index (χ4n) is 4.62. The van der Waals surface area contributed by atoms with Crippen molar-refractivity contribution in [1.29, 1.82) is 0 Å². The van der Waals surface area contributed by atoms with Crippen LogP contribution in [0.1, 0.15) is 58.3 Å². The molecule has 0 N–H and O–H groups in total. The summed E-state index contributed by atoms with van der Waals surface area (Å²) in [4.78, 5) is 16.6. The fraction of sp³-hybridized carbons (Fsp3) is 0.938. The lowest BCUT2D eigenvalue weighted by atomic mass is 10.0. The van der Waals surface area contributed by atoms with Gasteiger partial charge in [0.25, 0.3) is 0 Å². The van der Waals surface area contributed by atoms with Crippen LogP contribution in [0.25, 0.3) is 0 Å². The summed E-state index contributed by atoms with van der Waals surface area (Å²) in [6, 6.07) is 1.17. The topological polar surface area (TPSA) is 23.6 Å². The minimum absolute atomic E-state index is 0.287. The highest BCUT2D eigenvalue weighted by atomic mass is 16.2. The zero-order valence-corrected chi connectivity index (χ0v) is 12.3. The molecule has 2 heterocycles. The van der Waals surface area contributed by atoms with Gasteiger partial charge >= 0.3 is 0 Å². The van der Waals surface area contributed by atoms with Crippen molar-refractivity contribution in [1.82, 2.24) is 9.80 Å². The van der Waals surface area contributed by atoms with Crippen molar-refractivity contribution in [3.63, 3.8) is 0 Å². The number of hydrogen-bond acceptors (Lipinski definition) is 2. The van der Waals surface area contributed by atoms with E-state index in [2.05, 4.69) is 9.80 Å². The second kappa shape index (κ2) is 5.82. The maximum atomic E-state index is 11.8. The first-order valence-electron chi connectivity index (χ1n) is 8.27. The third-order valence-electron chi connectivity index (χ3n) is 5.53. The lowest BCUT2D eigenvalue weighted by molar-refractivity contribution is -0.130. The summed E-state index contributed by atoms with van der Waals surface area (Å²) in [6.07, 6.45) is 10.8. The molecule has 3 heteroatoms. The molecule has 3 aliphatic rings. The average molecular weight is 264 g/mol. The summed E-state index contributed by atoms with van der Waals surface area (Å²) < 4.78 is 0. The van der Waals surface area contributed by atoms with Crippen LogP contribution in [0.15, 0.2) is 0 Å². The van der Waals surface area contributed by atoms with Crippen LogP contribution in [0.3, 0.4) is 0 Å². The number of carbonyl (C=O) groups excluding carboxylic acids is 1. The van der Waals surface area contributed by atoms with Crippen molar-refractivity contribution < 1.29 is 4.79 Å². The van der Waals surface area contributed by atoms with Crippen molar-refractivity contribution in [2.75, 3.05) is 19.6 Å². The minimum Gasteiger partial charge on any atom is -0.338 e. The average Bonchev–Trinajstić information content (AvgIpc) is 3.08. The number of likely N-dealkylation sites (tertiary alicyclic amines) is 2. The maximum Gasteiger partial charge on any atom is 0.219 e. The van der Waals surface area contributed by atoms with E-state index < -0.39 is 0 Å². The number of amides is 1. The quantitative estimate of drug-likeness (QED) is 0.782. The maximum absolute atomic E-state index is 11.8. The Hall–Kier alpha value is -0.570. The van der Waals surface area contributed by atoms with E-state index in [0.717, 1.165) is 12.5 Å². The Balaban J connectivity index is 1.63. The molecule has 2 saturated heterocycles. The Bertz CT molecular complexity index is 325. The molecule has 0 aromatic heterocycles. The van der Waals surface area contributed by atoms with Crippen LogP contribution < -0.4 is 0 Å². The van der Waals surface area contributed by atoms with Gasteiger partial charge in [0.15, 0.2) is 0 Å². The van der Waals surface area contributed by atoms with Gasteiger partial charge in [-0.1, -0.05) is 12.8 Å². The molecule has 3 nitrogen and oxygen atoms in total. The van der Waals surface area contributed by atoms with Crippen molar-refractivity contribution in [3.8, 4) is 0 Å². The molecule has 0 aromatic carbocycles. The number of hydrogen-bond donors (Lipinski definition) is 0. The number of nitrogens with zero attached hydrogens (tertiary/aromatic N) is 2. The van der Waals surface area contributed by atoms with Gasteiger partial charge in [0.05, 0.1) is 0 Å². The Morgan fingerprint density at radius 1 is 0.947 bits per heavy atom. The molecule has 3 rings (SSSR count). The molecule has 0 unspecified atom stereocenters. The summed E-state index contributed by atoms with van der Waals surface area (Å²) in [7, 11) is 0. The molecule has 0 aromatic rings. The third kappa shape index (κ3) is 2.81. The second-order valence-electron chi connectivity index (χ2n) is 6.78. The highest BCUT2D eigenvalue weighted by Gasteiger charge is 2.39. The molecule has 1 aliphatic carbocycles. The smallest absolute Gasteiger partial charge is 0.219 e. The zero-order chi connectivity index (χ0) is 13.2. The van der Waals surface area contributed by atoms with Crippen LogP contribution in [-0.2, 0) is 4.79 Å². The van der Waals surface area contributed by atoms with Gasteiger partial charge in [-0.25, -0.2) is 0 Å². The first-order valence-corrected chi connectivity index (χ1v) is 8.27. The predicted octanol–water partition coefficient (Wildman–Crippen LogP) is 2.65. The van der Waals surface area contributed by atoms with E-state index in [9.17, 15) is 4.79 Å². The second-order valence-corrected chi connectivity index (χ2v) is 6.78.